The molecule has 17 heavy (non-hydrogen) atoms. The fourth-order valence-corrected chi connectivity index (χ4v) is 0.985. The number of aliphatic hydroxyl groups is 1. The fourth-order valence-electron chi connectivity index (χ4n) is 0.985. The van der Waals surface area contributed by atoms with Gasteiger partial charge < -0.3 is 20.8 Å². The highest BCUT2D eigenvalue weighted by atomic mass is 16.4. The highest BCUT2D eigenvalue weighted by Crippen LogP contribution is 2.18. The molecule has 0 aliphatic carbocycles. The van der Waals surface area contributed by atoms with Crippen LogP contribution < -0.4 is 10.6 Å². The summed E-state index contributed by atoms with van der Waals surface area (Å²) in [6.45, 7) is 9.02. The quantitative estimate of drug-likeness (QED) is 0.582. The zero-order chi connectivity index (χ0) is 13.8. The predicted molar refractivity (Wildman–Crippen MR) is 63.7 cm³/mol. The van der Waals surface area contributed by atoms with Crippen molar-refractivity contribution in [2.24, 2.45) is 5.41 Å². The van der Waals surface area contributed by atoms with Crippen molar-refractivity contribution in [2.45, 2.75) is 52.8 Å². The number of carboxylic acids is 1. The van der Waals surface area contributed by atoms with E-state index in [1.807, 2.05) is 27.7 Å². The van der Waals surface area contributed by atoms with Gasteiger partial charge in [-0.3, -0.25) is 0 Å². The molecule has 6 nitrogen and oxygen atoms in total. The molecule has 0 heterocycles. The lowest BCUT2D eigenvalue weighted by Crippen LogP contribution is -2.54. The van der Waals surface area contributed by atoms with Crippen molar-refractivity contribution in [3.63, 3.8) is 0 Å². The monoisotopic (exact) mass is 246 g/mol. The van der Waals surface area contributed by atoms with Crippen LogP contribution in [0.4, 0.5) is 4.79 Å². The highest BCUT2D eigenvalue weighted by Gasteiger charge is 2.27. The third kappa shape index (κ3) is 5.53. The topological polar surface area (TPSA) is 98.7 Å². The van der Waals surface area contributed by atoms with Gasteiger partial charge in [-0.2, -0.15) is 0 Å². The van der Waals surface area contributed by atoms with Gasteiger partial charge in [0.1, 0.15) is 0 Å². The number of hydrogen-bond donors (Lipinski definition) is 4. The zero-order valence-electron chi connectivity index (χ0n) is 10.9. The molecule has 0 aromatic rings. The van der Waals surface area contributed by atoms with Crippen molar-refractivity contribution in [3.05, 3.63) is 0 Å². The van der Waals surface area contributed by atoms with Crippen LogP contribution in [-0.2, 0) is 4.79 Å². The molecule has 0 saturated carbocycles. The number of urea groups is 1. The summed E-state index contributed by atoms with van der Waals surface area (Å²) >= 11 is 0. The Morgan fingerprint density at radius 3 is 1.88 bits per heavy atom. The summed E-state index contributed by atoms with van der Waals surface area (Å²) in [4.78, 5) is 22.3. The molecule has 0 bridgehead atoms. The number of aliphatic carboxylic acids is 1. The van der Waals surface area contributed by atoms with Crippen molar-refractivity contribution < 1.29 is 19.8 Å². The van der Waals surface area contributed by atoms with E-state index in [2.05, 4.69) is 10.6 Å². The maximum atomic E-state index is 11.5. The molecular formula is C11H22N2O4. The summed E-state index contributed by atoms with van der Waals surface area (Å²) < 4.78 is 0. The van der Waals surface area contributed by atoms with Crippen LogP contribution in [0, 0.1) is 5.41 Å². The van der Waals surface area contributed by atoms with Gasteiger partial charge in [-0.05, 0) is 19.3 Å². The molecule has 0 aromatic carbocycles. The molecule has 0 aliphatic rings. The normalized spacial score (nSPS) is 16.8. The van der Waals surface area contributed by atoms with Crippen molar-refractivity contribution in [1.82, 2.24) is 10.6 Å². The lowest BCUT2D eigenvalue weighted by molar-refractivity contribution is -0.141. The Morgan fingerprint density at radius 1 is 1.12 bits per heavy atom. The number of carbonyl (C=O) groups excluding carboxylic acids is 1. The van der Waals surface area contributed by atoms with E-state index in [1.54, 1.807) is 0 Å². The minimum absolute atomic E-state index is 0.119. The first-order valence-electron chi connectivity index (χ1n) is 5.53. The van der Waals surface area contributed by atoms with E-state index in [-0.39, 0.29) is 11.5 Å². The van der Waals surface area contributed by atoms with Gasteiger partial charge in [-0.25, -0.2) is 9.59 Å². The minimum atomic E-state index is -1.30. The predicted octanol–water partition coefficient (Wildman–Crippen LogP) is 0.554. The Kier molecular flexibility index (Phi) is 5.41. The molecule has 2 amide bonds. The summed E-state index contributed by atoms with van der Waals surface area (Å²) in [6.07, 6.45) is -1.15. The molecule has 1 unspecified atom stereocenters. The van der Waals surface area contributed by atoms with Crippen LogP contribution in [0.5, 0.6) is 0 Å². The van der Waals surface area contributed by atoms with E-state index >= 15 is 0 Å². The second-order valence-corrected chi connectivity index (χ2v) is 5.26. The van der Waals surface area contributed by atoms with Crippen LogP contribution in [0.25, 0.3) is 0 Å². The minimum Gasteiger partial charge on any atom is -0.480 e. The molecule has 0 saturated heterocycles. The van der Waals surface area contributed by atoms with Crippen molar-refractivity contribution in [3.8, 4) is 0 Å². The van der Waals surface area contributed by atoms with Crippen LogP contribution in [0.1, 0.15) is 34.6 Å². The standard InChI is InChI=1S/C11H22N2O4/c1-6(14)8(9(15)16)13-10(17)12-7(2)11(3,4)5/h6-8,14H,1-5H3,(H,15,16)(H2,12,13,17)/t6-,7?,8+/m1/s1. The van der Waals surface area contributed by atoms with E-state index in [0.29, 0.717) is 0 Å². The Balaban J connectivity index is 4.40. The van der Waals surface area contributed by atoms with Gasteiger partial charge in [0.25, 0.3) is 0 Å². The maximum Gasteiger partial charge on any atom is 0.328 e. The van der Waals surface area contributed by atoms with Crippen LogP contribution in [0.2, 0.25) is 0 Å². The highest BCUT2D eigenvalue weighted by molar-refractivity contribution is 5.83. The second-order valence-electron chi connectivity index (χ2n) is 5.26. The number of hydrogen-bond acceptors (Lipinski definition) is 3. The van der Waals surface area contributed by atoms with E-state index in [0.717, 1.165) is 0 Å². The summed E-state index contributed by atoms with van der Waals surface area (Å²) in [5.74, 6) is -1.27. The van der Waals surface area contributed by atoms with E-state index in [9.17, 15) is 14.7 Å². The molecule has 6 heteroatoms. The first-order chi connectivity index (χ1) is 7.55. The van der Waals surface area contributed by atoms with E-state index in [4.69, 9.17) is 5.11 Å². The molecule has 0 spiro atoms. The zero-order valence-corrected chi connectivity index (χ0v) is 10.9. The van der Waals surface area contributed by atoms with Crippen LogP contribution in [-0.4, -0.2) is 40.4 Å². The summed E-state index contributed by atoms with van der Waals surface area (Å²) in [5.41, 5.74) is -0.124. The second kappa shape index (κ2) is 5.86. The Morgan fingerprint density at radius 2 is 1.59 bits per heavy atom. The molecule has 4 N–H and O–H groups in total. The van der Waals surface area contributed by atoms with Gasteiger partial charge in [0.2, 0.25) is 0 Å². The molecular weight excluding hydrogens is 224 g/mol. The van der Waals surface area contributed by atoms with Crippen LogP contribution >= 0.6 is 0 Å². The molecule has 3 atom stereocenters. The number of aliphatic hydroxyl groups excluding tert-OH is 1. The number of carboxylic acid groups (broad SMARTS) is 1. The van der Waals surface area contributed by atoms with Crippen molar-refractivity contribution in [2.75, 3.05) is 0 Å². The van der Waals surface area contributed by atoms with Gasteiger partial charge in [-0.15, -0.1) is 0 Å². The Labute approximate surface area is 101 Å². The number of nitrogens with one attached hydrogen (secondary N) is 2. The van der Waals surface area contributed by atoms with Gasteiger partial charge in [0.15, 0.2) is 6.04 Å². The lowest BCUT2D eigenvalue weighted by Gasteiger charge is -2.29. The van der Waals surface area contributed by atoms with E-state index in [1.165, 1.54) is 6.92 Å². The molecule has 0 radical (unpaired) electrons. The first kappa shape index (κ1) is 15.7. The molecule has 0 aromatic heterocycles. The molecule has 100 valence electrons. The Bertz CT molecular complexity index is 284. The van der Waals surface area contributed by atoms with E-state index < -0.39 is 24.1 Å². The summed E-state index contributed by atoms with van der Waals surface area (Å²) in [7, 11) is 0. The van der Waals surface area contributed by atoms with Crippen molar-refractivity contribution >= 4 is 12.0 Å². The number of amides is 2. The van der Waals surface area contributed by atoms with Gasteiger partial charge in [0.05, 0.1) is 6.10 Å². The Hall–Kier alpha value is -1.30. The SMILES string of the molecule is CC(NC(=O)N[C@H](C(=O)O)[C@@H](C)O)C(C)(C)C. The van der Waals surface area contributed by atoms with Gasteiger partial charge >= 0.3 is 12.0 Å². The molecule has 0 fully saturated rings. The molecule has 0 aliphatic heterocycles. The first-order valence-corrected chi connectivity index (χ1v) is 5.53. The van der Waals surface area contributed by atoms with Crippen molar-refractivity contribution in [1.29, 1.82) is 0 Å². The number of rotatable bonds is 4. The fraction of sp³-hybridized carbons (Fsp3) is 0.818. The van der Waals surface area contributed by atoms with Gasteiger partial charge in [0, 0.05) is 6.04 Å². The molecule has 0 rings (SSSR count). The largest absolute Gasteiger partial charge is 0.480 e. The van der Waals surface area contributed by atoms with Crippen LogP contribution in [0.3, 0.4) is 0 Å². The third-order valence-corrected chi connectivity index (χ3v) is 2.68. The smallest absolute Gasteiger partial charge is 0.328 e. The van der Waals surface area contributed by atoms with Gasteiger partial charge in [-0.1, -0.05) is 20.8 Å². The average molecular weight is 246 g/mol. The third-order valence-electron chi connectivity index (χ3n) is 2.68. The average Bonchev–Trinajstić information content (AvgIpc) is 2.11. The number of carbonyl (C=O) groups is 2. The van der Waals surface area contributed by atoms with Crippen LogP contribution in [0.15, 0.2) is 0 Å². The summed E-state index contributed by atoms with van der Waals surface area (Å²) in [5, 5.41) is 22.8. The maximum absolute atomic E-state index is 11.5. The summed E-state index contributed by atoms with van der Waals surface area (Å²) in [6, 6.07) is -2.02. The lowest BCUT2D eigenvalue weighted by atomic mass is 9.88.